The highest BCUT2D eigenvalue weighted by atomic mass is 32.2. The Hall–Kier alpha value is -2.17. The number of hydrogen-bond acceptors (Lipinski definition) is 9. The van der Waals surface area contributed by atoms with Gasteiger partial charge in [0.25, 0.3) is 0 Å². The van der Waals surface area contributed by atoms with Crippen LogP contribution < -0.4 is 10.5 Å². The van der Waals surface area contributed by atoms with E-state index in [0.717, 1.165) is 18.2 Å². The monoisotopic (exact) mass is 421 g/mol. The molecule has 1 aliphatic rings. The lowest BCUT2D eigenvalue weighted by molar-refractivity contribution is -0.117. The molecule has 9 nitrogen and oxygen atoms in total. The third kappa shape index (κ3) is 4.88. The summed E-state index contributed by atoms with van der Waals surface area (Å²) in [5.74, 6) is 0.627. The number of anilines is 1. The SMILES string of the molecule is COc1nc(N)nc2c1ncn2[C@H]1C=C[C@@H](COC(CO)SC(=O)C(C)(C)C)C1. The van der Waals surface area contributed by atoms with Crippen molar-refractivity contribution in [1.29, 1.82) is 0 Å². The van der Waals surface area contributed by atoms with Crippen LogP contribution in [0.2, 0.25) is 0 Å². The Morgan fingerprint density at radius 1 is 1.41 bits per heavy atom. The fraction of sp³-hybridized carbons (Fsp3) is 0.579. The van der Waals surface area contributed by atoms with Crippen LogP contribution in [0.1, 0.15) is 33.2 Å². The van der Waals surface area contributed by atoms with Crippen LogP contribution in [0.3, 0.4) is 0 Å². The quantitative estimate of drug-likeness (QED) is 0.511. The van der Waals surface area contributed by atoms with Gasteiger partial charge in [-0.25, -0.2) is 4.98 Å². The molecule has 10 heteroatoms. The zero-order valence-corrected chi connectivity index (χ0v) is 17.8. The Morgan fingerprint density at radius 2 is 2.17 bits per heavy atom. The molecule has 0 amide bonds. The van der Waals surface area contributed by atoms with E-state index in [9.17, 15) is 9.90 Å². The minimum Gasteiger partial charge on any atom is -0.479 e. The van der Waals surface area contributed by atoms with E-state index >= 15 is 0 Å². The number of nitrogens with two attached hydrogens (primary N) is 1. The Balaban J connectivity index is 1.62. The zero-order valence-electron chi connectivity index (χ0n) is 17.0. The smallest absolute Gasteiger partial charge is 0.246 e. The van der Waals surface area contributed by atoms with Gasteiger partial charge < -0.3 is 24.9 Å². The zero-order chi connectivity index (χ0) is 21.2. The molecule has 0 fully saturated rings. The van der Waals surface area contributed by atoms with Gasteiger partial charge in [0.2, 0.25) is 11.8 Å². The molecule has 0 radical (unpaired) electrons. The summed E-state index contributed by atoms with van der Waals surface area (Å²) in [4.78, 5) is 24.9. The molecule has 2 aromatic rings. The summed E-state index contributed by atoms with van der Waals surface area (Å²) >= 11 is 1.05. The summed E-state index contributed by atoms with van der Waals surface area (Å²) in [5, 5.41) is 9.54. The lowest BCUT2D eigenvalue weighted by Gasteiger charge is -2.21. The van der Waals surface area contributed by atoms with Crippen LogP contribution in [0, 0.1) is 11.3 Å². The van der Waals surface area contributed by atoms with Crippen molar-refractivity contribution in [1.82, 2.24) is 19.5 Å². The van der Waals surface area contributed by atoms with Crippen molar-refractivity contribution in [3.05, 3.63) is 18.5 Å². The molecule has 1 aliphatic carbocycles. The number of rotatable bonds is 7. The van der Waals surface area contributed by atoms with Gasteiger partial charge in [-0.3, -0.25) is 4.79 Å². The predicted octanol–water partition coefficient (Wildman–Crippen LogP) is 2.18. The number of imidazole rings is 1. The highest BCUT2D eigenvalue weighted by Crippen LogP contribution is 2.33. The maximum atomic E-state index is 12.2. The van der Waals surface area contributed by atoms with Crippen molar-refractivity contribution in [3.8, 4) is 5.88 Å². The van der Waals surface area contributed by atoms with Crippen molar-refractivity contribution in [2.24, 2.45) is 11.3 Å². The predicted molar refractivity (Wildman–Crippen MR) is 111 cm³/mol. The number of aromatic nitrogens is 4. The molecule has 0 aromatic carbocycles. The van der Waals surface area contributed by atoms with Crippen LogP contribution in [-0.2, 0) is 9.53 Å². The normalized spacial score (nSPS) is 20.3. The number of fused-ring (bicyclic) bond motifs is 1. The average Bonchev–Trinajstić information content (AvgIpc) is 3.29. The van der Waals surface area contributed by atoms with Crippen LogP contribution in [0.5, 0.6) is 5.88 Å². The number of hydrogen-bond donors (Lipinski definition) is 2. The number of allylic oxidation sites excluding steroid dienone is 1. The van der Waals surface area contributed by atoms with Crippen LogP contribution >= 0.6 is 11.8 Å². The number of nitrogen functional groups attached to an aromatic ring is 1. The fourth-order valence-electron chi connectivity index (χ4n) is 3.03. The Labute approximate surface area is 173 Å². The third-order valence-corrected chi connectivity index (χ3v) is 5.98. The van der Waals surface area contributed by atoms with E-state index in [1.807, 2.05) is 25.3 Å². The van der Waals surface area contributed by atoms with E-state index in [0.29, 0.717) is 23.7 Å². The second kappa shape index (κ2) is 8.68. The van der Waals surface area contributed by atoms with Gasteiger partial charge in [0.05, 0.1) is 32.7 Å². The topological polar surface area (TPSA) is 125 Å². The van der Waals surface area contributed by atoms with Crippen LogP contribution in [0.4, 0.5) is 5.95 Å². The molecule has 0 saturated carbocycles. The average molecular weight is 422 g/mol. The van der Waals surface area contributed by atoms with Gasteiger partial charge in [0.1, 0.15) is 5.44 Å². The van der Waals surface area contributed by atoms with E-state index in [4.69, 9.17) is 15.2 Å². The summed E-state index contributed by atoms with van der Waals surface area (Å²) in [6.45, 7) is 5.75. The molecule has 158 valence electrons. The molecule has 2 heterocycles. The number of methoxy groups -OCH3 is 1. The van der Waals surface area contributed by atoms with Crippen molar-refractivity contribution in [2.45, 2.75) is 38.7 Å². The maximum absolute atomic E-state index is 12.2. The van der Waals surface area contributed by atoms with Crippen molar-refractivity contribution >= 4 is 34.0 Å². The largest absolute Gasteiger partial charge is 0.479 e. The van der Waals surface area contributed by atoms with E-state index in [1.165, 1.54) is 7.11 Å². The summed E-state index contributed by atoms with van der Waals surface area (Å²) in [6, 6.07) is 0.0454. The Kier molecular flexibility index (Phi) is 6.45. The summed E-state index contributed by atoms with van der Waals surface area (Å²) in [7, 11) is 1.52. The summed E-state index contributed by atoms with van der Waals surface area (Å²) < 4.78 is 13.0. The van der Waals surface area contributed by atoms with Gasteiger partial charge in [0.15, 0.2) is 16.3 Å². The number of thioether (sulfide) groups is 1. The second-order valence-corrected chi connectivity index (χ2v) is 9.10. The third-order valence-electron chi connectivity index (χ3n) is 4.60. The lowest BCUT2D eigenvalue weighted by atomic mass is 10.00. The molecule has 0 aliphatic heterocycles. The van der Waals surface area contributed by atoms with Crippen molar-refractivity contribution < 1.29 is 19.4 Å². The number of aliphatic hydroxyl groups is 1. The van der Waals surface area contributed by atoms with Gasteiger partial charge in [-0.15, -0.1) is 0 Å². The molecule has 0 bridgehead atoms. The van der Waals surface area contributed by atoms with Gasteiger partial charge in [-0.05, 0) is 6.42 Å². The van der Waals surface area contributed by atoms with Gasteiger partial charge in [0, 0.05) is 11.3 Å². The highest BCUT2D eigenvalue weighted by molar-refractivity contribution is 8.14. The first-order chi connectivity index (χ1) is 13.7. The Morgan fingerprint density at radius 3 is 2.83 bits per heavy atom. The molecule has 0 saturated heterocycles. The first-order valence-electron chi connectivity index (χ1n) is 9.38. The van der Waals surface area contributed by atoms with Crippen molar-refractivity contribution in [2.75, 3.05) is 26.1 Å². The second-order valence-electron chi connectivity index (χ2n) is 7.96. The number of nitrogens with zero attached hydrogens (tertiary/aromatic N) is 4. The molecular formula is C19H27N5O4S. The van der Waals surface area contributed by atoms with Gasteiger partial charge >= 0.3 is 0 Å². The number of carbonyl (C=O) groups excluding carboxylic acids is 1. The highest BCUT2D eigenvalue weighted by Gasteiger charge is 2.28. The first-order valence-corrected chi connectivity index (χ1v) is 10.3. The van der Waals surface area contributed by atoms with Gasteiger partial charge in [-0.1, -0.05) is 44.7 Å². The molecule has 3 atom stereocenters. The molecule has 29 heavy (non-hydrogen) atoms. The Bertz CT molecular complexity index is 908. The van der Waals surface area contributed by atoms with Crippen LogP contribution in [0.15, 0.2) is 18.5 Å². The number of ether oxygens (including phenoxy) is 2. The van der Waals surface area contributed by atoms with E-state index in [-0.39, 0.29) is 29.6 Å². The fourth-order valence-corrected chi connectivity index (χ4v) is 3.84. The van der Waals surface area contributed by atoms with E-state index in [2.05, 4.69) is 27.1 Å². The molecule has 1 unspecified atom stereocenters. The van der Waals surface area contributed by atoms with Crippen molar-refractivity contribution in [3.63, 3.8) is 0 Å². The molecule has 2 aromatic heterocycles. The summed E-state index contributed by atoms with van der Waals surface area (Å²) in [6.07, 6.45) is 6.63. The molecule has 0 spiro atoms. The molecule has 3 rings (SSSR count). The lowest BCUT2D eigenvalue weighted by Crippen LogP contribution is -2.25. The maximum Gasteiger partial charge on any atom is 0.246 e. The standard InChI is InChI=1S/C19H27N5O4S/c1-19(2,3)17(26)29-13(8-25)28-9-11-5-6-12(7-11)24-10-21-14-15(24)22-18(20)23-16(14)27-4/h5-6,10-13,25H,7-9H2,1-4H3,(H2,20,22,23)/t11-,12+,13?/m1/s1. The number of carbonyl (C=O) groups is 1. The number of aliphatic hydroxyl groups excluding tert-OH is 1. The summed E-state index contributed by atoms with van der Waals surface area (Å²) in [5.41, 5.74) is 5.92. The molecular weight excluding hydrogens is 394 g/mol. The van der Waals surface area contributed by atoms with E-state index < -0.39 is 10.9 Å². The molecule has 3 N–H and O–H groups in total. The van der Waals surface area contributed by atoms with Gasteiger partial charge in [-0.2, -0.15) is 9.97 Å². The van der Waals surface area contributed by atoms with E-state index in [1.54, 1.807) is 6.33 Å². The minimum absolute atomic E-state index is 0.00695. The minimum atomic E-state index is -0.569. The van der Waals surface area contributed by atoms with Crippen LogP contribution in [0.25, 0.3) is 11.2 Å². The first kappa shape index (κ1) is 21.5. The van der Waals surface area contributed by atoms with Crippen LogP contribution in [-0.4, -0.2) is 55.5 Å².